The fraction of sp³-hybridized carbons (Fsp3) is 1.00. The lowest BCUT2D eigenvalue weighted by Crippen LogP contribution is -2.60. The van der Waals surface area contributed by atoms with Crippen LogP contribution in [-0.4, -0.2) is 36.6 Å². The maximum Gasteiger partial charge on any atom is 0.0244 e. The molecule has 3 saturated carbocycles. The van der Waals surface area contributed by atoms with Gasteiger partial charge in [-0.2, -0.15) is 0 Å². The molecule has 2 nitrogen and oxygen atoms in total. The van der Waals surface area contributed by atoms with Crippen molar-refractivity contribution in [3.8, 4) is 0 Å². The van der Waals surface area contributed by atoms with Gasteiger partial charge in [0.1, 0.15) is 0 Å². The van der Waals surface area contributed by atoms with Crippen LogP contribution in [0.3, 0.4) is 0 Å². The van der Waals surface area contributed by atoms with Crippen LogP contribution in [0, 0.1) is 23.2 Å². The highest BCUT2D eigenvalue weighted by molar-refractivity contribution is 5.07. The van der Waals surface area contributed by atoms with Gasteiger partial charge in [0.15, 0.2) is 0 Å². The van der Waals surface area contributed by atoms with E-state index in [1.54, 1.807) is 0 Å². The lowest BCUT2D eigenvalue weighted by Gasteiger charge is -2.44. The average molecular weight is 262 g/mol. The summed E-state index contributed by atoms with van der Waals surface area (Å²) in [6, 6.07) is 1.59. The summed E-state index contributed by atoms with van der Waals surface area (Å²) < 4.78 is 0. The normalized spacial score (nSPS) is 38.7. The van der Waals surface area contributed by atoms with Gasteiger partial charge in [-0.05, 0) is 61.7 Å². The minimum absolute atomic E-state index is 0.776. The Labute approximate surface area is 118 Å². The zero-order valence-electron chi connectivity index (χ0n) is 12.7. The van der Waals surface area contributed by atoms with E-state index in [1.165, 1.54) is 58.2 Å². The van der Waals surface area contributed by atoms with Crippen LogP contribution in [0.15, 0.2) is 0 Å². The largest absolute Gasteiger partial charge is 0.311 e. The minimum atomic E-state index is 0.776. The topological polar surface area (TPSA) is 15.3 Å². The zero-order chi connectivity index (χ0) is 13.0. The van der Waals surface area contributed by atoms with Crippen molar-refractivity contribution >= 4 is 0 Å². The van der Waals surface area contributed by atoms with Crippen LogP contribution in [0.1, 0.15) is 52.4 Å². The molecule has 19 heavy (non-hydrogen) atoms. The van der Waals surface area contributed by atoms with Gasteiger partial charge < -0.3 is 5.32 Å². The van der Waals surface area contributed by atoms with Gasteiger partial charge in [-0.3, -0.25) is 4.90 Å². The first-order chi connectivity index (χ1) is 9.18. The van der Waals surface area contributed by atoms with E-state index < -0.39 is 0 Å². The Morgan fingerprint density at radius 1 is 1.16 bits per heavy atom. The summed E-state index contributed by atoms with van der Waals surface area (Å²) in [6.07, 6.45) is 9.08. The van der Waals surface area contributed by atoms with E-state index in [-0.39, 0.29) is 0 Å². The van der Waals surface area contributed by atoms with E-state index in [4.69, 9.17) is 0 Å². The molecule has 108 valence electrons. The summed E-state index contributed by atoms with van der Waals surface area (Å²) in [5, 5.41) is 3.85. The summed E-state index contributed by atoms with van der Waals surface area (Å²) in [4.78, 5) is 2.90. The smallest absolute Gasteiger partial charge is 0.0244 e. The predicted molar refractivity (Wildman–Crippen MR) is 79.1 cm³/mol. The second kappa shape index (κ2) is 4.46. The van der Waals surface area contributed by atoms with Crippen LogP contribution in [0.4, 0.5) is 0 Å². The minimum Gasteiger partial charge on any atom is -0.311 e. The van der Waals surface area contributed by atoms with Crippen molar-refractivity contribution in [1.29, 1.82) is 0 Å². The summed E-state index contributed by atoms with van der Waals surface area (Å²) in [7, 11) is 0. The Kier molecular flexibility index (Phi) is 2.97. The summed E-state index contributed by atoms with van der Waals surface area (Å²) >= 11 is 0. The van der Waals surface area contributed by atoms with E-state index in [0.29, 0.717) is 0 Å². The van der Waals surface area contributed by atoms with E-state index in [2.05, 4.69) is 24.1 Å². The van der Waals surface area contributed by atoms with Crippen LogP contribution in [0.25, 0.3) is 0 Å². The molecule has 1 saturated heterocycles. The Bertz CT molecular complexity index is 339. The quantitative estimate of drug-likeness (QED) is 0.819. The van der Waals surface area contributed by atoms with Crippen molar-refractivity contribution in [3.63, 3.8) is 0 Å². The molecule has 4 fully saturated rings. The Morgan fingerprint density at radius 2 is 1.89 bits per heavy atom. The molecule has 0 aromatic carbocycles. The van der Waals surface area contributed by atoms with Crippen molar-refractivity contribution < 1.29 is 0 Å². The monoisotopic (exact) mass is 262 g/mol. The standard InChI is InChI=1S/C17H30N2/c1-12(2)16-9-18-15(13-3-4-13)10-19(16)11-17(7-8-17)14-5-6-14/h12-16,18H,3-11H2,1-2H3. The van der Waals surface area contributed by atoms with Crippen molar-refractivity contribution in [3.05, 3.63) is 0 Å². The molecule has 2 unspecified atom stereocenters. The molecule has 2 heteroatoms. The molecule has 0 amide bonds. The van der Waals surface area contributed by atoms with Gasteiger partial charge in [0.05, 0.1) is 0 Å². The predicted octanol–water partition coefficient (Wildman–Crippen LogP) is 2.89. The third-order valence-corrected chi connectivity index (χ3v) is 6.30. The highest BCUT2D eigenvalue weighted by Gasteiger charge is 2.55. The second-order valence-corrected chi connectivity index (χ2v) is 8.23. The highest BCUT2D eigenvalue weighted by Crippen LogP contribution is 2.61. The summed E-state index contributed by atoms with van der Waals surface area (Å²) in [5.41, 5.74) is 0.776. The maximum atomic E-state index is 3.85. The molecule has 3 aliphatic carbocycles. The lowest BCUT2D eigenvalue weighted by atomic mass is 9.92. The van der Waals surface area contributed by atoms with E-state index in [0.717, 1.165) is 35.3 Å². The van der Waals surface area contributed by atoms with Crippen molar-refractivity contribution in [2.24, 2.45) is 23.2 Å². The molecule has 2 atom stereocenters. The summed E-state index contributed by atoms with van der Waals surface area (Å²) in [5.74, 6) is 2.91. The van der Waals surface area contributed by atoms with Crippen molar-refractivity contribution in [2.75, 3.05) is 19.6 Å². The molecular weight excluding hydrogens is 232 g/mol. The molecule has 1 heterocycles. The first-order valence-electron chi connectivity index (χ1n) is 8.65. The van der Waals surface area contributed by atoms with Gasteiger partial charge in [0, 0.05) is 31.7 Å². The average Bonchev–Trinajstić information content (AvgIpc) is 3.26. The molecule has 1 N–H and O–H groups in total. The van der Waals surface area contributed by atoms with Crippen LogP contribution < -0.4 is 5.32 Å². The van der Waals surface area contributed by atoms with Crippen LogP contribution in [-0.2, 0) is 0 Å². The number of nitrogens with one attached hydrogen (secondary N) is 1. The molecule has 4 rings (SSSR count). The highest BCUT2D eigenvalue weighted by atomic mass is 15.2. The van der Waals surface area contributed by atoms with Gasteiger partial charge in [-0.25, -0.2) is 0 Å². The zero-order valence-corrected chi connectivity index (χ0v) is 12.7. The first kappa shape index (κ1) is 12.6. The van der Waals surface area contributed by atoms with Gasteiger partial charge >= 0.3 is 0 Å². The van der Waals surface area contributed by atoms with Gasteiger partial charge in [0.2, 0.25) is 0 Å². The van der Waals surface area contributed by atoms with E-state index >= 15 is 0 Å². The number of nitrogens with zero attached hydrogens (tertiary/aromatic N) is 1. The Hall–Kier alpha value is -0.0800. The SMILES string of the molecule is CC(C)C1CNC(C2CC2)CN1CC1(C2CC2)CC1. The second-order valence-electron chi connectivity index (χ2n) is 8.23. The van der Waals surface area contributed by atoms with Crippen LogP contribution in [0.2, 0.25) is 0 Å². The maximum absolute atomic E-state index is 3.85. The Morgan fingerprint density at radius 3 is 2.42 bits per heavy atom. The van der Waals surface area contributed by atoms with Gasteiger partial charge in [0.25, 0.3) is 0 Å². The fourth-order valence-corrected chi connectivity index (χ4v) is 4.46. The van der Waals surface area contributed by atoms with E-state index in [9.17, 15) is 0 Å². The molecule has 0 bridgehead atoms. The van der Waals surface area contributed by atoms with Crippen molar-refractivity contribution in [2.45, 2.75) is 64.5 Å². The molecule has 0 aromatic rings. The number of hydrogen-bond acceptors (Lipinski definition) is 2. The molecule has 0 radical (unpaired) electrons. The van der Waals surface area contributed by atoms with E-state index in [1.807, 2.05) is 0 Å². The van der Waals surface area contributed by atoms with Crippen LogP contribution >= 0.6 is 0 Å². The third-order valence-electron chi connectivity index (χ3n) is 6.30. The Balaban J connectivity index is 1.44. The number of piperazine rings is 1. The number of hydrogen-bond donors (Lipinski definition) is 1. The molecule has 4 aliphatic rings. The first-order valence-corrected chi connectivity index (χ1v) is 8.65. The van der Waals surface area contributed by atoms with Crippen LogP contribution in [0.5, 0.6) is 0 Å². The summed E-state index contributed by atoms with van der Waals surface area (Å²) in [6.45, 7) is 8.81. The molecule has 0 aromatic heterocycles. The molecule has 0 spiro atoms. The fourth-order valence-electron chi connectivity index (χ4n) is 4.46. The molecular formula is C17H30N2. The third kappa shape index (κ3) is 2.47. The van der Waals surface area contributed by atoms with Gasteiger partial charge in [-0.15, -0.1) is 0 Å². The van der Waals surface area contributed by atoms with Gasteiger partial charge in [-0.1, -0.05) is 13.8 Å². The number of rotatable bonds is 5. The van der Waals surface area contributed by atoms with Crippen molar-refractivity contribution in [1.82, 2.24) is 10.2 Å². The lowest BCUT2D eigenvalue weighted by molar-refractivity contribution is 0.0666. The molecule has 1 aliphatic heterocycles.